The molecule has 0 fully saturated rings. The zero-order chi connectivity index (χ0) is 12.0. The monoisotopic (exact) mass is 227 g/mol. The zero-order valence-corrected chi connectivity index (χ0v) is 8.69. The summed E-state index contributed by atoms with van der Waals surface area (Å²) in [6.07, 6.45) is 0.429. The van der Waals surface area contributed by atoms with Gasteiger partial charge in [0, 0.05) is 12.2 Å². The van der Waals surface area contributed by atoms with Crippen molar-refractivity contribution in [1.82, 2.24) is 5.32 Å². The Balaban J connectivity index is 2.78. The molecule has 0 bridgehead atoms. The molecule has 0 aliphatic heterocycles. The summed E-state index contributed by atoms with van der Waals surface area (Å²) in [6.45, 7) is 0.290. The van der Waals surface area contributed by atoms with E-state index in [2.05, 4.69) is 5.32 Å². The standard InChI is InChI=1S/C11H14FNO3/c12-9-5-2-1-4-8(9)10(11(15)16)13-6-3-7-14/h1-2,4-5,10,13-14H,3,6-7H2,(H,15,16). The van der Waals surface area contributed by atoms with E-state index in [1.54, 1.807) is 6.07 Å². The van der Waals surface area contributed by atoms with Crippen LogP contribution in [0.2, 0.25) is 0 Å². The molecule has 5 heteroatoms. The molecule has 1 unspecified atom stereocenters. The lowest BCUT2D eigenvalue weighted by atomic mass is 10.1. The van der Waals surface area contributed by atoms with Crippen LogP contribution in [0.5, 0.6) is 0 Å². The number of hydrogen-bond acceptors (Lipinski definition) is 3. The number of carboxylic acid groups (broad SMARTS) is 1. The van der Waals surface area contributed by atoms with E-state index < -0.39 is 17.8 Å². The van der Waals surface area contributed by atoms with Crippen LogP contribution in [-0.2, 0) is 4.79 Å². The molecule has 0 saturated carbocycles. The second kappa shape index (κ2) is 6.19. The van der Waals surface area contributed by atoms with E-state index in [4.69, 9.17) is 10.2 Å². The van der Waals surface area contributed by atoms with Crippen LogP contribution in [0.25, 0.3) is 0 Å². The normalized spacial score (nSPS) is 12.4. The van der Waals surface area contributed by atoms with Gasteiger partial charge in [-0.25, -0.2) is 4.39 Å². The Labute approximate surface area is 92.7 Å². The number of halogens is 1. The van der Waals surface area contributed by atoms with E-state index in [-0.39, 0.29) is 12.2 Å². The van der Waals surface area contributed by atoms with Crippen LogP contribution in [0.15, 0.2) is 24.3 Å². The minimum atomic E-state index is -1.14. The summed E-state index contributed by atoms with van der Waals surface area (Å²) in [6, 6.07) is 4.67. The third kappa shape index (κ3) is 3.29. The summed E-state index contributed by atoms with van der Waals surface area (Å²) in [5, 5.41) is 20.2. The van der Waals surface area contributed by atoms with Gasteiger partial charge in [-0.3, -0.25) is 4.79 Å². The fraction of sp³-hybridized carbons (Fsp3) is 0.364. The van der Waals surface area contributed by atoms with Gasteiger partial charge >= 0.3 is 5.97 Å². The minimum Gasteiger partial charge on any atom is -0.480 e. The van der Waals surface area contributed by atoms with Crippen LogP contribution in [0.1, 0.15) is 18.0 Å². The molecule has 1 atom stereocenters. The molecule has 0 heterocycles. The van der Waals surface area contributed by atoms with Gasteiger partial charge in [-0.05, 0) is 19.0 Å². The number of nitrogens with one attached hydrogen (secondary N) is 1. The van der Waals surface area contributed by atoms with Crippen molar-refractivity contribution in [2.24, 2.45) is 0 Å². The average Bonchev–Trinajstić information content (AvgIpc) is 2.25. The van der Waals surface area contributed by atoms with Crippen molar-refractivity contribution < 1.29 is 19.4 Å². The Morgan fingerprint density at radius 1 is 1.44 bits per heavy atom. The third-order valence-corrected chi connectivity index (χ3v) is 2.15. The third-order valence-electron chi connectivity index (χ3n) is 2.15. The molecule has 1 aromatic carbocycles. The van der Waals surface area contributed by atoms with Crippen molar-refractivity contribution in [1.29, 1.82) is 0 Å². The van der Waals surface area contributed by atoms with Crippen LogP contribution in [0.4, 0.5) is 4.39 Å². The molecule has 1 aromatic rings. The molecule has 88 valence electrons. The van der Waals surface area contributed by atoms with Gasteiger partial charge in [0.15, 0.2) is 0 Å². The van der Waals surface area contributed by atoms with Crippen molar-refractivity contribution in [3.05, 3.63) is 35.6 Å². The number of aliphatic carboxylic acids is 1. The summed E-state index contributed by atoms with van der Waals surface area (Å²) in [5.41, 5.74) is 0.105. The molecule has 0 aliphatic rings. The summed E-state index contributed by atoms with van der Waals surface area (Å²) in [7, 11) is 0. The minimum absolute atomic E-state index is 0.0311. The van der Waals surface area contributed by atoms with Gasteiger partial charge < -0.3 is 15.5 Å². The lowest BCUT2D eigenvalue weighted by Gasteiger charge is -2.14. The summed E-state index contributed by atoms with van der Waals surface area (Å²) >= 11 is 0. The van der Waals surface area contributed by atoms with Crippen molar-refractivity contribution in [3.8, 4) is 0 Å². The maximum atomic E-state index is 13.4. The largest absolute Gasteiger partial charge is 0.480 e. The fourth-order valence-electron chi connectivity index (χ4n) is 1.36. The van der Waals surface area contributed by atoms with Crippen molar-refractivity contribution in [2.75, 3.05) is 13.2 Å². The van der Waals surface area contributed by atoms with E-state index in [0.717, 1.165) is 0 Å². The molecule has 16 heavy (non-hydrogen) atoms. The van der Waals surface area contributed by atoms with E-state index in [1.165, 1.54) is 18.2 Å². The van der Waals surface area contributed by atoms with Gasteiger partial charge in [0.1, 0.15) is 11.9 Å². The highest BCUT2D eigenvalue weighted by Crippen LogP contribution is 2.16. The molecule has 0 aliphatic carbocycles. The number of carboxylic acids is 1. The van der Waals surface area contributed by atoms with Crippen LogP contribution in [0, 0.1) is 5.82 Å². The first-order valence-electron chi connectivity index (χ1n) is 4.98. The zero-order valence-electron chi connectivity index (χ0n) is 8.69. The Morgan fingerprint density at radius 3 is 2.69 bits per heavy atom. The van der Waals surface area contributed by atoms with E-state index in [1.807, 2.05) is 0 Å². The van der Waals surface area contributed by atoms with Crippen LogP contribution < -0.4 is 5.32 Å². The molecular weight excluding hydrogens is 213 g/mol. The van der Waals surface area contributed by atoms with Gasteiger partial charge in [0.05, 0.1) is 0 Å². The van der Waals surface area contributed by atoms with Crippen molar-refractivity contribution >= 4 is 5.97 Å². The first kappa shape index (κ1) is 12.6. The first-order chi connectivity index (χ1) is 7.66. The Bertz CT molecular complexity index is 357. The molecule has 0 amide bonds. The fourth-order valence-corrected chi connectivity index (χ4v) is 1.36. The molecule has 0 saturated heterocycles. The smallest absolute Gasteiger partial charge is 0.325 e. The number of benzene rings is 1. The first-order valence-corrected chi connectivity index (χ1v) is 4.98. The quantitative estimate of drug-likeness (QED) is 0.632. The van der Waals surface area contributed by atoms with E-state index in [9.17, 15) is 9.18 Å². The van der Waals surface area contributed by atoms with Gasteiger partial charge in [0.25, 0.3) is 0 Å². The molecule has 1 rings (SSSR count). The number of aliphatic hydroxyl groups excluding tert-OH is 1. The summed E-state index contributed by atoms with van der Waals surface area (Å²) < 4.78 is 13.4. The van der Waals surface area contributed by atoms with Crippen molar-refractivity contribution in [3.63, 3.8) is 0 Å². The molecule has 0 aromatic heterocycles. The number of hydrogen-bond donors (Lipinski definition) is 3. The molecule has 4 nitrogen and oxygen atoms in total. The second-order valence-electron chi connectivity index (χ2n) is 3.32. The molecule has 0 radical (unpaired) electrons. The molecular formula is C11H14FNO3. The Hall–Kier alpha value is -1.46. The highest BCUT2D eigenvalue weighted by Gasteiger charge is 2.21. The summed E-state index contributed by atoms with van der Waals surface area (Å²) in [5.74, 6) is -1.69. The van der Waals surface area contributed by atoms with Gasteiger partial charge in [-0.1, -0.05) is 18.2 Å². The SMILES string of the molecule is O=C(O)C(NCCCO)c1ccccc1F. The Kier molecular flexibility index (Phi) is 4.88. The average molecular weight is 227 g/mol. The van der Waals surface area contributed by atoms with Crippen LogP contribution >= 0.6 is 0 Å². The Morgan fingerprint density at radius 2 is 2.12 bits per heavy atom. The molecule has 3 N–H and O–H groups in total. The maximum absolute atomic E-state index is 13.4. The van der Waals surface area contributed by atoms with Gasteiger partial charge in [-0.15, -0.1) is 0 Å². The van der Waals surface area contributed by atoms with Gasteiger partial charge in [-0.2, -0.15) is 0 Å². The van der Waals surface area contributed by atoms with E-state index >= 15 is 0 Å². The lowest BCUT2D eigenvalue weighted by Crippen LogP contribution is -2.30. The van der Waals surface area contributed by atoms with Crippen LogP contribution in [-0.4, -0.2) is 29.3 Å². The highest BCUT2D eigenvalue weighted by molar-refractivity contribution is 5.75. The predicted octanol–water partition coefficient (Wildman–Crippen LogP) is 0.923. The predicted molar refractivity (Wildman–Crippen MR) is 56.5 cm³/mol. The van der Waals surface area contributed by atoms with Gasteiger partial charge in [0.2, 0.25) is 0 Å². The number of carbonyl (C=O) groups is 1. The second-order valence-corrected chi connectivity index (χ2v) is 3.32. The number of rotatable bonds is 6. The van der Waals surface area contributed by atoms with E-state index in [0.29, 0.717) is 13.0 Å². The van der Waals surface area contributed by atoms with Crippen molar-refractivity contribution in [2.45, 2.75) is 12.5 Å². The summed E-state index contributed by atoms with van der Waals surface area (Å²) in [4.78, 5) is 11.0. The molecule has 0 spiro atoms. The number of aliphatic hydroxyl groups is 1. The topological polar surface area (TPSA) is 69.6 Å². The maximum Gasteiger partial charge on any atom is 0.325 e. The lowest BCUT2D eigenvalue weighted by molar-refractivity contribution is -0.139. The van der Waals surface area contributed by atoms with Crippen LogP contribution in [0.3, 0.4) is 0 Å². The highest BCUT2D eigenvalue weighted by atomic mass is 19.1.